The molecule has 0 spiro atoms. The van der Waals surface area contributed by atoms with Crippen molar-refractivity contribution < 1.29 is 51.0 Å². The van der Waals surface area contributed by atoms with Crippen molar-refractivity contribution in [1.29, 1.82) is 0 Å². The molecule has 1 aliphatic heterocycles. The van der Waals surface area contributed by atoms with Gasteiger partial charge in [0.05, 0.1) is 0 Å². The predicted molar refractivity (Wildman–Crippen MR) is 132 cm³/mol. The van der Waals surface area contributed by atoms with Crippen LogP contribution in [0.1, 0.15) is 76.6 Å². The van der Waals surface area contributed by atoms with E-state index in [1.165, 1.54) is 61.4 Å². The third-order valence-electron chi connectivity index (χ3n) is 5.78. The Balaban J connectivity index is 0.000000715. The van der Waals surface area contributed by atoms with Crippen LogP contribution in [-0.2, 0) is 43.5 Å². The molecule has 0 N–H and O–H groups in total. The van der Waals surface area contributed by atoms with Gasteiger partial charge in [0.1, 0.15) is 0 Å². The smallest absolute Gasteiger partial charge is 1.00 e. The summed E-state index contributed by atoms with van der Waals surface area (Å²) in [6.07, 6.45) is 12.6. The average Bonchev–Trinajstić information content (AvgIpc) is 3.29. The summed E-state index contributed by atoms with van der Waals surface area (Å²) in [6.45, 7) is 13.7. The molecule has 0 atom stereocenters. The zero-order valence-corrected chi connectivity index (χ0v) is 25.9. The van der Waals surface area contributed by atoms with Gasteiger partial charge in [0.25, 0.3) is 0 Å². The van der Waals surface area contributed by atoms with Crippen molar-refractivity contribution in [3.63, 3.8) is 0 Å². The first kappa shape index (κ1) is 32.6. The van der Waals surface area contributed by atoms with Gasteiger partial charge in [-0.3, -0.25) is 6.08 Å². The summed E-state index contributed by atoms with van der Waals surface area (Å²) in [4.78, 5) is 0. The molecule has 5 rings (SSSR count). The summed E-state index contributed by atoms with van der Waals surface area (Å²) in [5.74, 6) is 0. The van der Waals surface area contributed by atoms with Gasteiger partial charge in [0.2, 0.25) is 0 Å². The van der Waals surface area contributed by atoms with Gasteiger partial charge in [-0.15, -0.1) is 17.5 Å². The van der Waals surface area contributed by atoms with E-state index in [9.17, 15) is 0 Å². The predicted octanol–water partition coefficient (Wildman–Crippen LogP) is 1.90. The normalized spacial score (nSPS) is 14.5. The SMILES string of the molecule is C1C[Si]C1.CC(C)(C)c1ccc2c(c1)Cc1c(C(C)(C)C)[c-]ccc1-2.[C-]1=CC=CC1.[Cl-].[Cl-].[Zr+4]. The minimum absolute atomic E-state index is 0. The topological polar surface area (TPSA) is 0 Å². The van der Waals surface area contributed by atoms with Gasteiger partial charge < -0.3 is 24.8 Å². The molecule has 2 aromatic rings. The Hall–Kier alpha value is -0.400. The Morgan fingerprint density at radius 2 is 1.52 bits per heavy atom. The number of benzene rings is 2. The number of allylic oxidation sites excluding steroid dienone is 4. The van der Waals surface area contributed by atoms with Crippen LogP contribution in [0.25, 0.3) is 11.1 Å². The average molecular weight is 575 g/mol. The largest absolute Gasteiger partial charge is 4.00 e. The van der Waals surface area contributed by atoms with E-state index in [2.05, 4.69) is 90.1 Å². The van der Waals surface area contributed by atoms with Gasteiger partial charge in [0.15, 0.2) is 0 Å². The zero-order valence-electron chi connectivity index (χ0n) is 20.9. The molecule has 0 aromatic heterocycles. The summed E-state index contributed by atoms with van der Waals surface area (Å²) in [6, 6.07) is 17.9. The van der Waals surface area contributed by atoms with E-state index in [1.54, 1.807) is 0 Å². The molecule has 3 aliphatic rings. The second-order valence-electron chi connectivity index (χ2n) is 10.4. The number of fused-ring (bicyclic) bond motifs is 3. The molecule has 0 nitrogen and oxygen atoms in total. The first-order chi connectivity index (χ1) is 14.2. The first-order valence-electron chi connectivity index (χ1n) is 11.3. The number of halogens is 2. The van der Waals surface area contributed by atoms with E-state index >= 15 is 0 Å². The summed E-state index contributed by atoms with van der Waals surface area (Å²) in [5.41, 5.74) is 8.94. The molecular formula is C29H36Cl2SiZr. The van der Waals surface area contributed by atoms with Crippen LogP contribution in [0.3, 0.4) is 0 Å². The van der Waals surface area contributed by atoms with Crippen molar-refractivity contribution in [2.75, 3.05) is 0 Å². The fourth-order valence-corrected chi connectivity index (χ4v) is 4.17. The Morgan fingerprint density at radius 1 is 0.879 bits per heavy atom. The maximum Gasteiger partial charge on any atom is 4.00 e. The minimum atomic E-state index is 0. The third-order valence-corrected chi connectivity index (χ3v) is 7.19. The molecule has 0 saturated carbocycles. The van der Waals surface area contributed by atoms with Crippen molar-refractivity contribution >= 4 is 9.52 Å². The molecule has 1 fully saturated rings. The molecule has 33 heavy (non-hydrogen) atoms. The molecular weight excluding hydrogens is 539 g/mol. The van der Waals surface area contributed by atoms with Crippen molar-refractivity contribution in [2.24, 2.45) is 0 Å². The van der Waals surface area contributed by atoms with E-state index in [-0.39, 0.29) is 61.8 Å². The standard InChI is InChI=1S/C21H25.C5H5.C3H6Si.2ClH.Zr/c1-20(2,3)15-10-11-16-14(12-15)13-18-17(16)8-7-9-19(18)21(4,5)6;1-2-4-5-3-1;1-2-4-3-1;;;/h7-8,10-12H,13H2,1-6H3;1-3H,4H2;1-3H2;2*1H;/q2*-1;;;;+4/p-2. The third kappa shape index (κ3) is 8.96. The summed E-state index contributed by atoms with van der Waals surface area (Å²) in [7, 11) is 1.32. The van der Waals surface area contributed by atoms with Crippen LogP contribution in [0, 0.1) is 12.1 Å². The van der Waals surface area contributed by atoms with Crippen LogP contribution >= 0.6 is 0 Å². The van der Waals surface area contributed by atoms with Crippen molar-refractivity contribution in [2.45, 2.75) is 83.7 Å². The van der Waals surface area contributed by atoms with E-state index < -0.39 is 0 Å². The molecule has 1 saturated heterocycles. The van der Waals surface area contributed by atoms with Gasteiger partial charge in [-0.1, -0.05) is 78.3 Å². The Kier molecular flexibility index (Phi) is 14.1. The monoisotopic (exact) mass is 572 g/mol. The van der Waals surface area contributed by atoms with E-state index in [4.69, 9.17) is 0 Å². The molecule has 2 aliphatic carbocycles. The zero-order chi connectivity index (χ0) is 21.8. The molecule has 1 heterocycles. The number of hydrogen-bond acceptors (Lipinski definition) is 0. The number of rotatable bonds is 0. The van der Waals surface area contributed by atoms with Gasteiger partial charge in [-0.2, -0.15) is 29.8 Å². The molecule has 0 unspecified atom stereocenters. The molecule has 2 radical (unpaired) electrons. The Labute approximate surface area is 236 Å². The molecule has 4 heteroatoms. The Bertz CT molecular complexity index is 916. The quantitative estimate of drug-likeness (QED) is 0.284. The van der Waals surface area contributed by atoms with Crippen molar-refractivity contribution in [3.8, 4) is 11.1 Å². The van der Waals surface area contributed by atoms with E-state index in [1.807, 2.05) is 12.2 Å². The van der Waals surface area contributed by atoms with Crippen LogP contribution in [0.4, 0.5) is 0 Å². The van der Waals surface area contributed by atoms with Crippen LogP contribution in [0.15, 0.2) is 48.6 Å². The fourth-order valence-electron chi connectivity index (χ4n) is 3.81. The van der Waals surface area contributed by atoms with Gasteiger partial charge in [-0.05, 0) is 33.9 Å². The van der Waals surface area contributed by atoms with Gasteiger partial charge >= 0.3 is 26.2 Å². The van der Waals surface area contributed by atoms with Gasteiger partial charge in [0, 0.05) is 9.52 Å². The summed E-state index contributed by atoms with van der Waals surface area (Å²) >= 11 is 0. The molecule has 0 amide bonds. The molecule has 2 aromatic carbocycles. The number of hydrogen-bond donors (Lipinski definition) is 0. The van der Waals surface area contributed by atoms with Crippen LogP contribution in [0.5, 0.6) is 0 Å². The van der Waals surface area contributed by atoms with Crippen LogP contribution in [-0.4, -0.2) is 9.52 Å². The minimum Gasteiger partial charge on any atom is -1.00 e. The molecule has 174 valence electrons. The first-order valence-corrected chi connectivity index (χ1v) is 12.7. The van der Waals surface area contributed by atoms with E-state index in [0.717, 1.165) is 12.8 Å². The Morgan fingerprint density at radius 3 is 1.94 bits per heavy atom. The maximum absolute atomic E-state index is 3.49. The van der Waals surface area contributed by atoms with Crippen LogP contribution in [0.2, 0.25) is 12.1 Å². The fraction of sp³-hybridized carbons (Fsp3) is 0.448. The van der Waals surface area contributed by atoms with Crippen molar-refractivity contribution in [1.82, 2.24) is 0 Å². The maximum atomic E-state index is 3.49. The van der Waals surface area contributed by atoms with Crippen molar-refractivity contribution in [3.05, 3.63) is 83.0 Å². The molecule has 0 bridgehead atoms. The van der Waals surface area contributed by atoms with E-state index in [0.29, 0.717) is 0 Å². The summed E-state index contributed by atoms with van der Waals surface area (Å²) < 4.78 is 0. The summed E-state index contributed by atoms with van der Waals surface area (Å²) in [5, 5.41) is 0. The van der Waals surface area contributed by atoms with Crippen LogP contribution < -0.4 is 24.8 Å². The van der Waals surface area contributed by atoms with Gasteiger partial charge in [-0.25, -0.2) is 12.2 Å². The second-order valence-corrected chi connectivity index (χ2v) is 11.9. The second kappa shape index (κ2) is 14.2.